The van der Waals surface area contributed by atoms with Gasteiger partial charge in [0, 0.05) is 35.0 Å². The molecular weight excluding hydrogens is 332 g/mol. The number of halogens is 1. The Bertz CT molecular complexity index is 799. The van der Waals surface area contributed by atoms with Gasteiger partial charge in [0.25, 0.3) is 5.91 Å². The molecule has 1 heterocycles. The molecule has 0 radical (unpaired) electrons. The average Bonchev–Trinajstić information content (AvgIpc) is 2.71. The fourth-order valence-corrected chi connectivity index (χ4v) is 3.83. The SMILES string of the molecule is CN(CCS(C)(=O)=O)C(=O)c1sc2cc(Cl)ccc2c1N. The van der Waals surface area contributed by atoms with E-state index in [-0.39, 0.29) is 18.2 Å². The summed E-state index contributed by atoms with van der Waals surface area (Å²) in [5, 5.41) is 1.36. The zero-order valence-electron chi connectivity index (χ0n) is 11.6. The number of thiophene rings is 1. The van der Waals surface area contributed by atoms with Crippen molar-refractivity contribution < 1.29 is 13.2 Å². The summed E-state index contributed by atoms with van der Waals surface area (Å²) in [6, 6.07) is 5.25. The highest BCUT2D eigenvalue weighted by molar-refractivity contribution is 7.90. The maximum atomic E-state index is 12.4. The Morgan fingerprint density at radius 1 is 1.43 bits per heavy atom. The number of hydrogen-bond donors (Lipinski definition) is 1. The molecule has 2 N–H and O–H groups in total. The van der Waals surface area contributed by atoms with Gasteiger partial charge in [-0.1, -0.05) is 11.6 Å². The molecule has 0 atom stereocenters. The standard InChI is InChI=1S/C13H15ClN2O3S2/c1-16(5-6-21(2,18)19)13(17)12-11(15)9-4-3-8(14)7-10(9)20-12/h3-4,7H,5-6,15H2,1-2H3. The first-order valence-corrected chi connectivity index (χ1v) is 9.35. The molecule has 0 aliphatic carbocycles. The van der Waals surface area contributed by atoms with E-state index in [1.54, 1.807) is 25.2 Å². The highest BCUT2D eigenvalue weighted by Crippen LogP contribution is 2.35. The van der Waals surface area contributed by atoms with Crippen LogP contribution in [-0.4, -0.2) is 44.8 Å². The molecule has 0 unspecified atom stereocenters. The van der Waals surface area contributed by atoms with Gasteiger partial charge in [-0.05, 0) is 18.2 Å². The molecule has 0 spiro atoms. The minimum absolute atomic E-state index is 0.0775. The number of benzene rings is 1. The van der Waals surface area contributed by atoms with Gasteiger partial charge in [-0.15, -0.1) is 11.3 Å². The Balaban J connectivity index is 2.29. The summed E-state index contributed by atoms with van der Waals surface area (Å²) in [6.45, 7) is 0.131. The van der Waals surface area contributed by atoms with E-state index in [9.17, 15) is 13.2 Å². The van der Waals surface area contributed by atoms with Crippen molar-refractivity contribution in [2.45, 2.75) is 0 Å². The molecule has 0 aliphatic rings. The van der Waals surface area contributed by atoms with Crippen LogP contribution < -0.4 is 5.73 Å². The Morgan fingerprint density at radius 2 is 2.10 bits per heavy atom. The molecular formula is C13H15ClN2O3S2. The molecule has 21 heavy (non-hydrogen) atoms. The van der Waals surface area contributed by atoms with Gasteiger partial charge >= 0.3 is 0 Å². The molecule has 114 valence electrons. The van der Waals surface area contributed by atoms with E-state index in [1.807, 2.05) is 0 Å². The molecule has 2 aromatic rings. The summed E-state index contributed by atoms with van der Waals surface area (Å²) in [7, 11) is -1.55. The second kappa shape index (κ2) is 5.82. The smallest absolute Gasteiger partial charge is 0.265 e. The molecule has 1 aromatic heterocycles. The van der Waals surface area contributed by atoms with Crippen LogP contribution in [0.25, 0.3) is 10.1 Å². The lowest BCUT2D eigenvalue weighted by atomic mass is 10.2. The quantitative estimate of drug-likeness (QED) is 0.920. The minimum Gasteiger partial charge on any atom is -0.397 e. The van der Waals surface area contributed by atoms with Gasteiger partial charge in [0.2, 0.25) is 0 Å². The summed E-state index contributed by atoms with van der Waals surface area (Å²) >= 11 is 7.18. The monoisotopic (exact) mass is 346 g/mol. The van der Waals surface area contributed by atoms with Crippen molar-refractivity contribution in [1.29, 1.82) is 0 Å². The van der Waals surface area contributed by atoms with Gasteiger partial charge in [-0.25, -0.2) is 8.42 Å². The number of carbonyl (C=O) groups is 1. The largest absolute Gasteiger partial charge is 0.397 e. The van der Waals surface area contributed by atoms with Crippen LogP contribution in [0.2, 0.25) is 5.02 Å². The van der Waals surface area contributed by atoms with Gasteiger partial charge in [0.05, 0.1) is 11.4 Å². The van der Waals surface area contributed by atoms with Crippen LogP contribution in [0.4, 0.5) is 5.69 Å². The van der Waals surface area contributed by atoms with Crippen LogP contribution in [-0.2, 0) is 9.84 Å². The highest BCUT2D eigenvalue weighted by Gasteiger charge is 2.20. The molecule has 0 saturated heterocycles. The number of rotatable bonds is 4. The topological polar surface area (TPSA) is 80.5 Å². The molecule has 0 saturated carbocycles. The Hall–Kier alpha value is -1.31. The molecule has 0 aliphatic heterocycles. The van der Waals surface area contributed by atoms with Gasteiger partial charge in [0.1, 0.15) is 14.7 Å². The minimum atomic E-state index is -3.11. The maximum absolute atomic E-state index is 12.4. The van der Waals surface area contributed by atoms with Gasteiger partial charge in [-0.3, -0.25) is 4.79 Å². The van der Waals surface area contributed by atoms with Crippen LogP contribution in [0.15, 0.2) is 18.2 Å². The highest BCUT2D eigenvalue weighted by atomic mass is 35.5. The van der Waals surface area contributed by atoms with E-state index in [1.165, 1.54) is 16.2 Å². The van der Waals surface area contributed by atoms with Gasteiger partial charge < -0.3 is 10.6 Å². The second-order valence-corrected chi connectivity index (χ2v) is 8.59. The third kappa shape index (κ3) is 3.66. The number of nitrogen functional groups attached to an aromatic ring is 1. The second-order valence-electron chi connectivity index (χ2n) is 4.84. The zero-order valence-corrected chi connectivity index (χ0v) is 14.0. The average molecular weight is 347 g/mol. The summed E-state index contributed by atoms with van der Waals surface area (Å²) < 4.78 is 23.2. The first kappa shape index (κ1) is 16.1. The van der Waals surface area contributed by atoms with Crippen molar-refractivity contribution in [1.82, 2.24) is 4.90 Å². The number of amides is 1. The van der Waals surface area contributed by atoms with E-state index >= 15 is 0 Å². The predicted molar refractivity (Wildman–Crippen MR) is 87.9 cm³/mol. The van der Waals surface area contributed by atoms with E-state index in [0.29, 0.717) is 15.6 Å². The lowest BCUT2D eigenvalue weighted by molar-refractivity contribution is 0.0809. The first-order valence-electron chi connectivity index (χ1n) is 6.10. The number of nitrogens with two attached hydrogens (primary N) is 1. The van der Waals surface area contributed by atoms with Crippen molar-refractivity contribution in [3.8, 4) is 0 Å². The number of anilines is 1. The van der Waals surface area contributed by atoms with Crippen LogP contribution in [0.3, 0.4) is 0 Å². The first-order chi connectivity index (χ1) is 9.69. The van der Waals surface area contributed by atoms with E-state index in [0.717, 1.165) is 16.3 Å². The molecule has 0 fully saturated rings. The Kier molecular flexibility index (Phi) is 4.46. The van der Waals surface area contributed by atoms with Crippen molar-refractivity contribution in [3.63, 3.8) is 0 Å². The number of hydrogen-bond acceptors (Lipinski definition) is 5. The lowest BCUT2D eigenvalue weighted by Gasteiger charge is -2.15. The zero-order chi connectivity index (χ0) is 15.8. The Labute approximate surface area is 132 Å². The van der Waals surface area contributed by atoms with Crippen molar-refractivity contribution >= 4 is 54.5 Å². The number of carbonyl (C=O) groups excluding carboxylic acids is 1. The van der Waals surface area contributed by atoms with Crippen molar-refractivity contribution in [2.75, 3.05) is 31.3 Å². The lowest BCUT2D eigenvalue weighted by Crippen LogP contribution is -2.31. The van der Waals surface area contributed by atoms with Crippen LogP contribution in [0.1, 0.15) is 9.67 Å². The van der Waals surface area contributed by atoms with Gasteiger partial charge in [0.15, 0.2) is 0 Å². The van der Waals surface area contributed by atoms with Crippen molar-refractivity contribution in [2.24, 2.45) is 0 Å². The van der Waals surface area contributed by atoms with Crippen LogP contribution >= 0.6 is 22.9 Å². The third-order valence-electron chi connectivity index (χ3n) is 3.03. The molecule has 2 rings (SSSR count). The van der Waals surface area contributed by atoms with Crippen LogP contribution in [0, 0.1) is 0 Å². The predicted octanol–water partition coefficient (Wildman–Crippen LogP) is 2.25. The summed E-state index contributed by atoms with van der Waals surface area (Å²) in [5.74, 6) is -0.361. The van der Waals surface area contributed by atoms with Crippen LogP contribution in [0.5, 0.6) is 0 Å². The summed E-state index contributed by atoms with van der Waals surface area (Å²) in [6.07, 6.45) is 1.14. The number of nitrogens with zero attached hydrogens (tertiary/aromatic N) is 1. The normalized spacial score (nSPS) is 11.8. The number of fused-ring (bicyclic) bond motifs is 1. The van der Waals surface area contributed by atoms with Gasteiger partial charge in [-0.2, -0.15) is 0 Å². The fourth-order valence-electron chi connectivity index (χ4n) is 1.83. The summed E-state index contributed by atoms with van der Waals surface area (Å²) in [4.78, 5) is 14.1. The third-order valence-corrected chi connectivity index (χ3v) is 5.34. The van der Waals surface area contributed by atoms with E-state index in [4.69, 9.17) is 17.3 Å². The molecule has 5 nitrogen and oxygen atoms in total. The molecule has 1 aromatic carbocycles. The molecule has 0 bridgehead atoms. The van der Waals surface area contributed by atoms with E-state index < -0.39 is 9.84 Å². The molecule has 8 heteroatoms. The van der Waals surface area contributed by atoms with Crippen molar-refractivity contribution in [3.05, 3.63) is 28.1 Å². The van der Waals surface area contributed by atoms with E-state index in [2.05, 4.69) is 0 Å². The summed E-state index contributed by atoms with van der Waals surface area (Å²) in [5.41, 5.74) is 6.42. The fraction of sp³-hybridized carbons (Fsp3) is 0.308. The Morgan fingerprint density at radius 3 is 2.71 bits per heavy atom. The number of sulfone groups is 1. The maximum Gasteiger partial charge on any atom is 0.265 e. The molecule has 1 amide bonds.